The van der Waals surface area contributed by atoms with Crippen molar-refractivity contribution in [3.63, 3.8) is 0 Å². The normalized spacial score (nSPS) is 11.9. The fraction of sp³-hybridized carbons (Fsp3) is 0.185. The number of hydrazone groups is 1. The molecule has 0 amide bonds. The third kappa shape index (κ3) is 5.52. The van der Waals surface area contributed by atoms with E-state index in [1.165, 1.54) is 27.2 Å². The summed E-state index contributed by atoms with van der Waals surface area (Å²) in [6.45, 7) is 3.93. The van der Waals surface area contributed by atoms with E-state index >= 15 is 0 Å². The van der Waals surface area contributed by atoms with E-state index in [2.05, 4.69) is 10.5 Å². The number of rotatable bonds is 10. The predicted molar refractivity (Wildman–Crippen MR) is 150 cm³/mol. The molecular formula is C27H27N5O6S. The first-order valence-electron chi connectivity index (χ1n) is 12.1. The molecule has 0 saturated carbocycles. The fourth-order valence-corrected chi connectivity index (χ4v) is 5.73. The molecule has 0 fully saturated rings. The highest BCUT2D eigenvalue weighted by Gasteiger charge is 2.25. The van der Waals surface area contributed by atoms with Crippen molar-refractivity contribution in [1.29, 1.82) is 0 Å². The van der Waals surface area contributed by atoms with E-state index in [1.807, 2.05) is 30.3 Å². The Morgan fingerprint density at radius 3 is 2.31 bits per heavy atom. The minimum Gasteiger partial charge on any atom is -0.494 e. The van der Waals surface area contributed by atoms with Gasteiger partial charge in [-0.25, -0.2) is 8.42 Å². The molecule has 0 atom stereocenters. The lowest BCUT2D eigenvalue weighted by Gasteiger charge is -2.18. The van der Waals surface area contributed by atoms with E-state index in [4.69, 9.17) is 0 Å². The van der Waals surface area contributed by atoms with E-state index in [1.54, 1.807) is 38.1 Å². The van der Waals surface area contributed by atoms with Crippen molar-refractivity contribution in [1.82, 2.24) is 8.87 Å². The number of nitrogens with one attached hydrogen (secondary N) is 1. The first-order chi connectivity index (χ1) is 18.7. The van der Waals surface area contributed by atoms with Crippen molar-refractivity contribution >= 4 is 38.4 Å². The predicted octanol–water partition coefficient (Wildman–Crippen LogP) is 4.14. The van der Waals surface area contributed by atoms with Crippen LogP contribution in [0.15, 0.2) is 87.6 Å². The number of nitro groups is 1. The van der Waals surface area contributed by atoms with Gasteiger partial charge in [-0.2, -0.15) is 9.41 Å². The molecule has 3 aromatic carbocycles. The molecule has 0 aliphatic heterocycles. The summed E-state index contributed by atoms with van der Waals surface area (Å²) in [5, 5.41) is 27.7. The van der Waals surface area contributed by atoms with Crippen molar-refractivity contribution in [2.24, 2.45) is 5.10 Å². The second-order valence-corrected chi connectivity index (χ2v) is 10.5. The average molecular weight is 550 g/mol. The smallest absolute Gasteiger partial charge is 0.295 e. The number of aromatic nitrogens is 1. The zero-order valence-electron chi connectivity index (χ0n) is 21.3. The first kappa shape index (κ1) is 27.5. The Morgan fingerprint density at radius 1 is 1.03 bits per heavy atom. The molecule has 0 aliphatic rings. The molecule has 12 heteroatoms. The zero-order chi connectivity index (χ0) is 28.2. The largest absolute Gasteiger partial charge is 0.494 e. The summed E-state index contributed by atoms with van der Waals surface area (Å²) in [5.41, 5.74) is 2.71. The van der Waals surface area contributed by atoms with Crippen molar-refractivity contribution < 1.29 is 18.4 Å². The second-order valence-electron chi connectivity index (χ2n) is 8.56. The number of aromatic hydroxyl groups is 1. The maximum absolute atomic E-state index is 13.1. The van der Waals surface area contributed by atoms with Crippen LogP contribution in [0.25, 0.3) is 10.8 Å². The molecule has 1 aromatic heterocycles. The highest BCUT2D eigenvalue weighted by atomic mass is 32.2. The molecule has 0 saturated heterocycles. The Bertz CT molecular complexity index is 1710. The van der Waals surface area contributed by atoms with Gasteiger partial charge in [-0.3, -0.25) is 24.9 Å². The monoisotopic (exact) mass is 549 g/mol. The Morgan fingerprint density at radius 2 is 1.67 bits per heavy atom. The molecule has 0 spiro atoms. The van der Waals surface area contributed by atoms with Crippen LogP contribution >= 0.6 is 0 Å². The number of anilines is 1. The summed E-state index contributed by atoms with van der Waals surface area (Å²) in [4.78, 5) is 24.0. The van der Waals surface area contributed by atoms with Gasteiger partial charge in [-0.15, -0.1) is 0 Å². The number of pyridine rings is 1. The fourth-order valence-electron chi connectivity index (χ4n) is 4.25. The van der Waals surface area contributed by atoms with E-state index in [0.717, 1.165) is 11.6 Å². The van der Waals surface area contributed by atoms with Gasteiger partial charge in [-0.1, -0.05) is 62.4 Å². The van der Waals surface area contributed by atoms with Gasteiger partial charge >= 0.3 is 0 Å². The molecule has 4 rings (SSSR count). The summed E-state index contributed by atoms with van der Waals surface area (Å²) in [7, 11) is -3.90. The maximum Gasteiger partial charge on any atom is 0.295 e. The number of fused-ring (bicyclic) bond motifs is 1. The highest BCUT2D eigenvalue weighted by molar-refractivity contribution is 7.89. The first-order valence-corrected chi connectivity index (χ1v) is 13.6. The number of hydrogen-bond acceptors (Lipinski definition) is 8. The minimum atomic E-state index is -3.90. The summed E-state index contributed by atoms with van der Waals surface area (Å²) in [6, 6.07) is 19.4. The van der Waals surface area contributed by atoms with Gasteiger partial charge < -0.3 is 5.11 Å². The van der Waals surface area contributed by atoms with Gasteiger partial charge in [0.25, 0.3) is 11.2 Å². The van der Waals surface area contributed by atoms with E-state index in [0.29, 0.717) is 10.8 Å². The molecule has 1 heterocycles. The van der Waals surface area contributed by atoms with Gasteiger partial charge in [0.15, 0.2) is 0 Å². The van der Waals surface area contributed by atoms with Crippen LogP contribution in [0.2, 0.25) is 0 Å². The SMILES string of the molecule is CCN(CC)S(=O)(=O)c1ccc(N/N=C/c2c(O)n(Cc3ccccc3)c(=O)c3ccccc23)c([N+](=O)[O-])c1. The molecular weight excluding hydrogens is 522 g/mol. The van der Waals surface area contributed by atoms with Crippen LogP contribution < -0.4 is 11.0 Å². The molecule has 202 valence electrons. The average Bonchev–Trinajstić information content (AvgIpc) is 2.94. The van der Waals surface area contributed by atoms with Gasteiger partial charge in [0.2, 0.25) is 15.9 Å². The van der Waals surface area contributed by atoms with Crippen molar-refractivity contribution in [2.75, 3.05) is 18.5 Å². The van der Waals surface area contributed by atoms with Crippen LogP contribution in [0.4, 0.5) is 11.4 Å². The number of hydrogen-bond donors (Lipinski definition) is 2. The molecule has 39 heavy (non-hydrogen) atoms. The Balaban J connectivity index is 1.73. The van der Waals surface area contributed by atoms with E-state index < -0.39 is 20.6 Å². The lowest BCUT2D eigenvalue weighted by molar-refractivity contribution is -0.384. The van der Waals surface area contributed by atoms with Gasteiger partial charge in [-0.05, 0) is 23.8 Å². The van der Waals surface area contributed by atoms with Crippen LogP contribution in [0.3, 0.4) is 0 Å². The van der Waals surface area contributed by atoms with Crippen molar-refractivity contribution in [2.45, 2.75) is 25.3 Å². The third-order valence-electron chi connectivity index (χ3n) is 6.26. The second kappa shape index (κ2) is 11.5. The maximum atomic E-state index is 13.1. The standard InChI is InChI=1S/C27H27N5O6S/c1-3-30(4-2)39(37,38)20-14-15-24(25(16-20)32(35)36)29-28-17-23-21-12-8-9-13-22(21)26(33)31(27(23)34)18-19-10-6-5-7-11-19/h5-17,29,34H,3-4,18H2,1-2H3/b28-17+. The molecule has 4 aromatic rings. The molecule has 0 radical (unpaired) electrons. The van der Waals surface area contributed by atoms with Gasteiger partial charge in [0, 0.05) is 29.9 Å². The lowest BCUT2D eigenvalue weighted by atomic mass is 10.1. The van der Waals surface area contributed by atoms with Crippen molar-refractivity contribution in [3.05, 3.63) is 104 Å². The van der Waals surface area contributed by atoms with Gasteiger partial charge in [0.1, 0.15) is 5.69 Å². The van der Waals surface area contributed by atoms with E-state index in [-0.39, 0.29) is 47.2 Å². The van der Waals surface area contributed by atoms with Crippen LogP contribution in [0.1, 0.15) is 25.0 Å². The highest BCUT2D eigenvalue weighted by Crippen LogP contribution is 2.29. The molecule has 11 nitrogen and oxygen atoms in total. The van der Waals surface area contributed by atoms with Crippen LogP contribution in [-0.4, -0.2) is 46.6 Å². The minimum absolute atomic E-state index is 0.0452. The Labute approximate surface area is 224 Å². The molecule has 2 N–H and O–H groups in total. The topological polar surface area (TPSA) is 147 Å². The summed E-state index contributed by atoms with van der Waals surface area (Å²) in [5.74, 6) is -0.316. The number of nitrogens with zero attached hydrogens (tertiary/aromatic N) is 4. The quantitative estimate of drug-likeness (QED) is 0.172. The van der Waals surface area contributed by atoms with E-state index in [9.17, 15) is 28.4 Å². The zero-order valence-corrected chi connectivity index (χ0v) is 22.1. The lowest BCUT2D eigenvalue weighted by Crippen LogP contribution is -2.30. The van der Waals surface area contributed by atoms with Crippen molar-refractivity contribution in [3.8, 4) is 5.88 Å². The number of benzene rings is 3. The van der Waals surface area contributed by atoms with Crippen LogP contribution in [0, 0.1) is 10.1 Å². The molecule has 0 unspecified atom stereocenters. The summed E-state index contributed by atoms with van der Waals surface area (Å²) < 4.78 is 28.1. The summed E-state index contributed by atoms with van der Waals surface area (Å²) >= 11 is 0. The Kier molecular flexibility index (Phi) is 8.07. The third-order valence-corrected chi connectivity index (χ3v) is 8.31. The number of sulfonamides is 1. The molecule has 0 aliphatic carbocycles. The van der Waals surface area contributed by atoms with Gasteiger partial charge in [0.05, 0.1) is 28.1 Å². The number of nitro benzene ring substituents is 1. The Hall–Kier alpha value is -4.55. The van der Waals surface area contributed by atoms with Crippen LogP contribution in [0.5, 0.6) is 5.88 Å². The summed E-state index contributed by atoms with van der Waals surface area (Å²) in [6.07, 6.45) is 1.27. The van der Waals surface area contributed by atoms with Crippen LogP contribution in [-0.2, 0) is 16.6 Å². The molecule has 0 bridgehead atoms.